The Morgan fingerprint density at radius 3 is 2.55 bits per heavy atom. The molecule has 1 N–H and O–H groups in total. The molecule has 1 aromatic heterocycles. The molecule has 2 aromatic carbocycles. The van der Waals surface area contributed by atoms with Gasteiger partial charge in [-0.15, -0.1) is 0 Å². The molecule has 0 spiro atoms. The number of aromatic nitrogens is 1. The van der Waals surface area contributed by atoms with E-state index in [-0.39, 0.29) is 0 Å². The predicted molar refractivity (Wildman–Crippen MR) is 133 cm³/mol. The van der Waals surface area contributed by atoms with Crippen molar-refractivity contribution in [1.29, 1.82) is 0 Å². The number of carboxylic acid groups (broad SMARTS) is 1. The number of aliphatic carboxylic acids is 1. The SMILES string of the molecule is O=C(O)/C=C/c1ccc2c(c1)c1c(n2CCN2CCCCC2)CCN(Cc2ccccc2)C1. The van der Waals surface area contributed by atoms with E-state index in [9.17, 15) is 4.79 Å². The minimum absolute atomic E-state index is 0.912. The molecule has 0 bridgehead atoms. The zero-order valence-corrected chi connectivity index (χ0v) is 19.2. The number of piperidine rings is 1. The second-order valence-corrected chi connectivity index (χ2v) is 9.37. The molecule has 0 unspecified atom stereocenters. The Kier molecular flexibility index (Phi) is 6.60. The van der Waals surface area contributed by atoms with Gasteiger partial charge in [-0.05, 0) is 60.8 Å². The summed E-state index contributed by atoms with van der Waals surface area (Å²) in [5, 5.41) is 10.3. The molecule has 2 aliphatic rings. The molecule has 33 heavy (non-hydrogen) atoms. The van der Waals surface area contributed by atoms with Gasteiger partial charge in [0.2, 0.25) is 0 Å². The van der Waals surface area contributed by atoms with Gasteiger partial charge in [0.25, 0.3) is 0 Å². The Morgan fingerprint density at radius 1 is 0.939 bits per heavy atom. The van der Waals surface area contributed by atoms with Crippen molar-refractivity contribution in [3.05, 3.63) is 77.0 Å². The van der Waals surface area contributed by atoms with Gasteiger partial charge in [0, 0.05) is 61.8 Å². The smallest absolute Gasteiger partial charge is 0.328 e. The minimum Gasteiger partial charge on any atom is -0.478 e. The van der Waals surface area contributed by atoms with Gasteiger partial charge >= 0.3 is 5.97 Å². The minimum atomic E-state index is -0.912. The van der Waals surface area contributed by atoms with Gasteiger partial charge in [-0.1, -0.05) is 42.8 Å². The number of hydrogen-bond donors (Lipinski definition) is 1. The third-order valence-electron chi connectivity index (χ3n) is 7.11. The fraction of sp³-hybridized carbons (Fsp3) is 0.393. The Bertz CT molecular complexity index is 1140. The first-order valence-corrected chi connectivity index (χ1v) is 12.2. The number of benzene rings is 2. The van der Waals surface area contributed by atoms with Gasteiger partial charge in [-0.3, -0.25) is 4.90 Å². The summed E-state index contributed by atoms with van der Waals surface area (Å²) < 4.78 is 2.55. The second kappa shape index (κ2) is 9.94. The summed E-state index contributed by atoms with van der Waals surface area (Å²) in [6.45, 7) is 7.52. The van der Waals surface area contributed by atoms with Gasteiger partial charge in [0.05, 0.1) is 0 Å². The Morgan fingerprint density at radius 2 is 1.76 bits per heavy atom. The van der Waals surface area contributed by atoms with Crippen LogP contribution in [0.4, 0.5) is 0 Å². The molecule has 0 amide bonds. The van der Waals surface area contributed by atoms with Gasteiger partial charge in [0.1, 0.15) is 0 Å². The monoisotopic (exact) mass is 443 g/mol. The molecule has 2 aliphatic heterocycles. The summed E-state index contributed by atoms with van der Waals surface area (Å²) in [4.78, 5) is 16.2. The van der Waals surface area contributed by atoms with Crippen LogP contribution in [0.5, 0.6) is 0 Å². The second-order valence-electron chi connectivity index (χ2n) is 9.37. The van der Waals surface area contributed by atoms with Crippen molar-refractivity contribution < 1.29 is 9.90 Å². The maximum atomic E-state index is 11.0. The molecular weight excluding hydrogens is 410 g/mol. The summed E-state index contributed by atoms with van der Waals surface area (Å²) in [6, 6.07) is 17.1. The number of nitrogens with zero attached hydrogens (tertiary/aromatic N) is 3. The lowest BCUT2D eigenvalue weighted by Gasteiger charge is -2.29. The molecule has 0 atom stereocenters. The van der Waals surface area contributed by atoms with Crippen LogP contribution in [0.25, 0.3) is 17.0 Å². The van der Waals surface area contributed by atoms with Gasteiger partial charge in [-0.25, -0.2) is 4.79 Å². The highest BCUT2D eigenvalue weighted by molar-refractivity contribution is 5.90. The van der Waals surface area contributed by atoms with E-state index in [1.54, 1.807) is 6.08 Å². The highest BCUT2D eigenvalue weighted by Crippen LogP contribution is 2.33. The number of hydrogen-bond acceptors (Lipinski definition) is 3. The Hall–Kier alpha value is -2.89. The number of rotatable bonds is 7. The van der Waals surface area contributed by atoms with Crippen LogP contribution in [0.15, 0.2) is 54.6 Å². The highest BCUT2D eigenvalue weighted by Gasteiger charge is 2.24. The van der Waals surface area contributed by atoms with Crippen molar-refractivity contribution in [3.8, 4) is 0 Å². The average molecular weight is 444 g/mol. The van der Waals surface area contributed by atoms with Crippen molar-refractivity contribution >= 4 is 22.9 Å². The van der Waals surface area contributed by atoms with E-state index in [1.165, 1.54) is 66.2 Å². The molecule has 0 aliphatic carbocycles. The fourth-order valence-corrected chi connectivity index (χ4v) is 5.45. The number of likely N-dealkylation sites (tertiary alicyclic amines) is 1. The summed E-state index contributed by atoms with van der Waals surface area (Å²) >= 11 is 0. The first-order chi connectivity index (χ1) is 16.2. The summed E-state index contributed by atoms with van der Waals surface area (Å²) in [6.07, 6.45) is 7.97. The van der Waals surface area contributed by atoms with E-state index >= 15 is 0 Å². The molecule has 0 radical (unpaired) electrons. The molecule has 0 saturated carbocycles. The lowest BCUT2D eigenvalue weighted by molar-refractivity contribution is -0.131. The Labute approximate surface area is 195 Å². The highest BCUT2D eigenvalue weighted by atomic mass is 16.4. The number of carbonyl (C=O) groups is 1. The van der Waals surface area contributed by atoms with Crippen LogP contribution in [0.1, 0.15) is 41.6 Å². The maximum absolute atomic E-state index is 11.0. The predicted octanol–water partition coefficient (Wildman–Crippen LogP) is 4.78. The van der Waals surface area contributed by atoms with E-state index in [1.807, 2.05) is 6.07 Å². The van der Waals surface area contributed by atoms with Crippen LogP contribution in [-0.2, 0) is 30.8 Å². The number of carboxylic acids is 1. The van der Waals surface area contributed by atoms with Crippen LogP contribution in [-0.4, -0.2) is 51.6 Å². The third-order valence-corrected chi connectivity index (χ3v) is 7.11. The summed E-state index contributed by atoms with van der Waals surface area (Å²) in [7, 11) is 0. The molecule has 3 aromatic rings. The van der Waals surface area contributed by atoms with Crippen LogP contribution < -0.4 is 0 Å². The fourth-order valence-electron chi connectivity index (χ4n) is 5.45. The molecule has 1 saturated heterocycles. The number of fused-ring (bicyclic) bond motifs is 3. The van der Waals surface area contributed by atoms with E-state index < -0.39 is 5.97 Å². The maximum Gasteiger partial charge on any atom is 0.328 e. The average Bonchev–Trinajstić information content (AvgIpc) is 3.15. The van der Waals surface area contributed by atoms with Crippen molar-refractivity contribution in [3.63, 3.8) is 0 Å². The van der Waals surface area contributed by atoms with Gasteiger partial charge in [0.15, 0.2) is 0 Å². The standard InChI is InChI=1S/C28H33N3O2/c32-28(33)12-10-22-9-11-26-24(19-22)25-21-30(20-23-7-3-1-4-8-23)16-13-27(25)31(26)18-17-29-14-5-2-6-15-29/h1,3-4,7-12,19H,2,5-6,13-18,20-21H2,(H,32,33)/b12-10+. The third kappa shape index (κ3) is 5.05. The lowest BCUT2D eigenvalue weighted by atomic mass is 10.0. The largest absolute Gasteiger partial charge is 0.478 e. The van der Waals surface area contributed by atoms with Crippen LogP contribution >= 0.6 is 0 Å². The topological polar surface area (TPSA) is 48.7 Å². The lowest BCUT2D eigenvalue weighted by Crippen LogP contribution is -2.34. The van der Waals surface area contributed by atoms with Crippen LogP contribution in [0.2, 0.25) is 0 Å². The first-order valence-electron chi connectivity index (χ1n) is 12.2. The summed E-state index contributed by atoms with van der Waals surface area (Å²) in [5.74, 6) is -0.912. The molecule has 3 heterocycles. The van der Waals surface area contributed by atoms with Gasteiger partial charge in [-0.2, -0.15) is 0 Å². The molecule has 172 valence electrons. The van der Waals surface area contributed by atoms with E-state index in [4.69, 9.17) is 5.11 Å². The zero-order valence-electron chi connectivity index (χ0n) is 19.2. The molecule has 5 nitrogen and oxygen atoms in total. The molecular formula is C28H33N3O2. The van der Waals surface area contributed by atoms with Crippen molar-refractivity contribution in [1.82, 2.24) is 14.4 Å². The molecule has 1 fully saturated rings. The quantitative estimate of drug-likeness (QED) is 0.534. The van der Waals surface area contributed by atoms with E-state index in [2.05, 4.69) is 56.8 Å². The molecule has 5 rings (SSSR count). The first kappa shape index (κ1) is 21.9. The van der Waals surface area contributed by atoms with Crippen molar-refractivity contribution in [2.24, 2.45) is 0 Å². The van der Waals surface area contributed by atoms with E-state index in [0.717, 1.165) is 44.7 Å². The van der Waals surface area contributed by atoms with Crippen molar-refractivity contribution in [2.45, 2.75) is 45.3 Å². The normalized spacial score (nSPS) is 17.6. The van der Waals surface area contributed by atoms with Crippen LogP contribution in [0.3, 0.4) is 0 Å². The molecule has 5 heteroatoms. The summed E-state index contributed by atoms with van der Waals surface area (Å²) in [5.41, 5.74) is 6.45. The van der Waals surface area contributed by atoms with Gasteiger partial charge < -0.3 is 14.6 Å². The Balaban J connectivity index is 1.46. The van der Waals surface area contributed by atoms with E-state index in [0.29, 0.717) is 0 Å². The van der Waals surface area contributed by atoms with Crippen molar-refractivity contribution in [2.75, 3.05) is 26.2 Å². The zero-order chi connectivity index (χ0) is 22.6. The van der Waals surface area contributed by atoms with Crippen LogP contribution in [0, 0.1) is 0 Å².